The van der Waals surface area contributed by atoms with Gasteiger partial charge in [-0.05, 0) is 66.7 Å². The predicted octanol–water partition coefficient (Wildman–Crippen LogP) is 8.20. The molecule has 268 valence electrons. The Labute approximate surface area is 317 Å². The van der Waals surface area contributed by atoms with E-state index in [0.29, 0.717) is 27.5 Å². The van der Waals surface area contributed by atoms with E-state index in [-0.39, 0.29) is 23.3 Å². The summed E-state index contributed by atoms with van der Waals surface area (Å²) in [7, 11) is 3.23. The van der Waals surface area contributed by atoms with Gasteiger partial charge >= 0.3 is 0 Å². The second kappa shape index (κ2) is 15.3. The number of aromatic amines is 2. The normalized spacial score (nSPS) is 11.2. The third kappa shape index (κ3) is 7.70. The number of carbonyl (C=O) groups excluding carboxylic acids is 2. The minimum atomic E-state index is -0.169. The fourth-order valence-corrected chi connectivity index (χ4v) is 7.21. The third-order valence-corrected chi connectivity index (χ3v) is 10.2. The molecule has 0 bridgehead atoms. The van der Waals surface area contributed by atoms with Gasteiger partial charge in [0.05, 0.1) is 59.0 Å². The largest absolute Gasteiger partial charge is 0.497 e. The summed E-state index contributed by atoms with van der Waals surface area (Å²) in [6.07, 6.45) is 0. The number of ether oxygens (including phenoxy) is 2. The van der Waals surface area contributed by atoms with Crippen molar-refractivity contribution in [2.24, 2.45) is 0 Å². The fraction of sp³-hybridized carbons (Fsp3) is 0.100. The average molecular weight is 753 g/mol. The smallest absolute Gasteiger partial charge is 0.234 e. The van der Waals surface area contributed by atoms with Gasteiger partial charge in [0.1, 0.15) is 11.5 Å². The first-order valence-corrected chi connectivity index (χ1v) is 18.8. The van der Waals surface area contributed by atoms with E-state index in [0.717, 1.165) is 61.3 Å². The molecule has 54 heavy (non-hydrogen) atoms. The number of fused-ring (bicyclic) bond motifs is 3. The minimum Gasteiger partial charge on any atom is -0.497 e. The highest BCUT2D eigenvalue weighted by molar-refractivity contribution is 8.00. The van der Waals surface area contributed by atoms with Gasteiger partial charge < -0.3 is 30.1 Å². The number of imidazole rings is 2. The molecule has 4 N–H and O–H groups in total. The van der Waals surface area contributed by atoms with Crippen LogP contribution < -0.4 is 20.1 Å². The van der Waals surface area contributed by atoms with Gasteiger partial charge in [0.2, 0.25) is 11.8 Å². The Morgan fingerprint density at radius 3 is 1.74 bits per heavy atom. The first-order chi connectivity index (χ1) is 26.4. The van der Waals surface area contributed by atoms with Crippen LogP contribution in [0.1, 0.15) is 0 Å². The van der Waals surface area contributed by atoms with Crippen molar-refractivity contribution in [1.82, 2.24) is 29.9 Å². The number of nitrogens with zero attached hydrogens (tertiary/aromatic N) is 4. The van der Waals surface area contributed by atoms with Crippen molar-refractivity contribution in [2.45, 2.75) is 10.3 Å². The summed E-state index contributed by atoms with van der Waals surface area (Å²) < 4.78 is 10.6. The van der Waals surface area contributed by atoms with Crippen LogP contribution in [0.2, 0.25) is 0 Å². The molecule has 0 unspecified atom stereocenters. The minimum absolute atomic E-state index is 0.156. The van der Waals surface area contributed by atoms with Gasteiger partial charge in [-0.1, -0.05) is 53.9 Å². The van der Waals surface area contributed by atoms with Crippen molar-refractivity contribution < 1.29 is 19.1 Å². The van der Waals surface area contributed by atoms with Crippen molar-refractivity contribution in [2.75, 3.05) is 36.4 Å². The standard InChI is InChI=1S/C40H32N8O4S2/c1-51-27-13-16-31-33(19-27)46-39(44-31)53-21-35(49)41-25-10-8-24(9-11-25)38-43-30-15-12-26(18-29(30)37(48-38)23-6-4-3-5-7-23)42-36(50)22-54-40-45-32-17-14-28(52-2)20-34(32)47-40/h3-20H,21-22H2,1-2H3,(H,41,49)(H,42,50)(H,44,46)(H,45,47). The molecule has 5 aromatic carbocycles. The molecule has 0 saturated carbocycles. The van der Waals surface area contributed by atoms with E-state index >= 15 is 0 Å². The summed E-state index contributed by atoms with van der Waals surface area (Å²) in [5.41, 5.74) is 7.75. The molecular weight excluding hydrogens is 721 g/mol. The van der Waals surface area contributed by atoms with Crippen molar-refractivity contribution >= 4 is 79.7 Å². The molecule has 0 saturated heterocycles. The number of hydrogen-bond acceptors (Lipinski definition) is 10. The van der Waals surface area contributed by atoms with Gasteiger partial charge in [-0.3, -0.25) is 9.59 Å². The number of benzene rings is 5. The lowest BCUT2D eigenvalue weighted by Gasteiger charge is -2.12. The molecule has 0 spiro atoms. The van der Waals surface area contributed by atoms with E-state index in [9.17, 15) is 9.59 Å². The molecule has 0 atom stereocenters. The Morgan fingerprint density at radius 2 is 1.15 bits per heavy atom. The highest BCUT2D eigenvalue weighted by Crippen LogP contribution is 2.32. The van der Waals surface area contributed by atoms with Gasteiger partial charge in [-0.15, -0.1) is 0 Å². The van der Waals surface area contributed by atoms with Crippen LogP contribution in [0.4, 0.5) is 11.4 Å². The third-order valence-electron chi connectivity index (χ3n) is 8.47. The number of methoxy groups -OCH3 is 2. The van der Waals surface area contributed by atoms with Crippen LogP contribution in [0.25, 0.3) is 55.6 Å². The molecule has 8 aromatic rings. The van der Waals surface area contributed by atoms with E-state index < -0.39 is 0 Å². The molecule has 8 rings (SSSR count). The quantitative estimate of drug-likeness (QED) is 0.0896. The highest BCUT2D eigenvalue weighted by Gasteiger charge is 2.15. The molecule has 3 heterocycles. The van der Waals surface area contributed by atoms with E-state index in [1.165, 1.54) is 23.5 Å². The van der Waals surface area contributed by atoms with Gasteiger partial charge in [0.25, 0.3) is 0 Å². The van der Waals surface area contributed by atoms with Crippen molar-refractivity contribution in [3.05, 3.63) is 109 Å². The number of thioether (sulfide) groups is 2. The van der Waals surface area contributed by atoms with Crippen molar-refractivity contribution in [1.29, 1.82) is 0 Å². The number of nitrogens with one attached hydrogen (secondary N) is 4. The van der Waals surface area contributed by atoms with Crippen LogP contribution in [0, 0.1) is 0 Å². The highest BCUT2D eigenvalue weighted by atomic mass is 32.2. The maximum atomic E-state index is 13.0. The lowest BCUT2D eigenvalue weighted by molar-refractivity contribution is -0.114. The van der Waals surface area contributed by atoms with E-state index in [2.05, 4.69) is 30.6 Å². The van der Waals surface area contributed by atoms with Crippen molar-refractivity contribution in [3.63, 3.8) is 0 Å². The predicted molar refractivity (Wildman–Crippen MR) is 214 cm³/mol. The monoisotopic (exact) mass is 752 g/mol. The maximum Gasteiger partial charge on any atom is 0.234 e. The molecule has 14 heteroatoms. The van der Waals surface area contributed by atoms with Crippen LogP contribution >= 0.6 is 23.5 Å². The zero-order chi connectivity index (χ0) is 37.0. The van der Waals surface area contributed by atoms with Crippen molar-refractivity contribution in [3.8, 4) is 34.1 Å². The SMILES string of the molecule is COc1ccc2nc(SCC(=O)Nc3ccc(-c4nc(-c5ccccc5)c5cc(NC(=O)CSc6nc7ccc(OC)cc7[nH]6)ccc5n4)cc3)[nH]c2c1. The van der Waals surface area contributed by atoms with Gasteiger partial charge in [0, 0.05) is 40.0 Å². The first kappa shape index (κ1) is 34.7. The lowest BCUT2D eigenvalue weighted by Crippen LogP contribution is -2.14. The Bertz CT molecular complexity index is 2650. The van der Waals surface area contributed by atoms with Crippen LogP contribution in [-0.4, -0.2) is 67.4 Å². The molecule has 12 nitrogen and oxygen atoms in total. The van der Waals surface area contributed by atoms with Gasteiger partial charge in [0.15, 0.2) is 16.1 Å². The molecule has 0 aliphatic rings. The van der Waals surface area contributed by atoms with Gasteiger partial charge in [-0.2, -0.15) is 0 Å². The second-order valence-electron chi connectivity index (χ2n) is 12.1. The Balaban J connectivity index is 0.955. The van der Waals surface area contributed by atoms with Crippen LogP contribution in [0.3, 0.4) is 0 Å². The Kier molecular flexibility index (Phi) is 9.83. The molecule has 0 radical (unpaired) electrons. The maximum absolute atomic E-state index is 13.0. The average Bonchev–Trinajstić information content (AvgIpc) is 3.82. The van der Waals surface area contributed by atoms with Crippen LogP contribution in [0.5, 0.6) is 11.5 Å². The summed E-state index contributed by atoms with van der Waals surface area (Å²) in [4.78, 5) is 51.3. The number of amides is 2. The summed E-state index contributed by atoms with van der Waals surface area (Å²) in [6.45, 7) is 0. The van der Waals surface area contributed by atoms with Crippen LogP contribution in [0.15, 0.2) is 120 Å². The Morgan fingerprint density at radius 1 is 0.593 bits per heavy atom. The zero-order valence-electron chi connectivity index (χ0n) is 29.0. The number of anilines is 2. The molecule has 3 aromatic heterocycles. The summed E-state index contributed by atoms with van der Waals surface area (Å²) in [5.74, 6) is 2.03. The topological polar surface area (TPSA) is 160 Å². The number of H-pyrrole nitrogens is 2. The van der Waals surface area contributed by atoms with E-state index in [1.54, 1.807) is 14.2 Å². The van der Waals surface area contributed by atoms with Crippen LogP contribution in [-0.2, 0) is 9.59 Å². The summed E-state index contributed by atoms with van der Waals surface area (Å²) >= 11 is 2.64. The lowest BCUT2D eigenvalue weighted by atomic mass is 10.0. The second-order valence-corrected chi connectivity index (χ2v) is 14.0. The molecule has 0 aliphatic heterocycles. The zero-order valence-corrected chi connectivity index (χ0v) is 30.7. The fourth-order valence-electron chi connectivity index (χ4n) is 5.84. The summed E-state index contributed by atoms with van der Waals surface area (Å²) in [5, 5.41) is 8.06. The molecular formula is C40H32N8O4S2. The van der Waals surface area contributed by atoms with E-state index in [1.807, 2.05) is 109 Å². The molecule has 0 aliphatic carbocycles. The first-order valence-electron chi connectivity index (χ1n) is 16.8. The molecule has 0 fully saturated rings. The number of aromatic nitrogens is 6. The molecule has 2 amide bonds. The van der Waals surface area contributed by atoms with E-state index in [4.69, 9.17) is 19.4 Å². The Hall–Kier alpha value is -6.38. The summed E-state index contributed by atoms with van der Waals surface area (Å²) in [6, 6.07) is 34.1. The van der Waals surface area contributed by atoms with Gasteiger partial charge in [-0.25, -0.2) is 19.9 Å². The number of rotatable bonds is 12. The number of hydrogen-bond donors (Lipinski definition) is 4. The number of carbonyl (C=O) groups is 2.